The summed E-state index contributed by atoms with van der Waals surface area (Å²) in [4.78, 5) is 5.10. The maximum absolute atomic E-state index is 14.0. The average Bonchev–Trinajstić information content (AvgIpc) is 2.75. The van der Waals surface area contributed by atoms with Crippen LogP contribution < -0.4 is 9.64 Å². The minimum Gasteiger partial charge on any atom is -0.494 e. The summed E-state index contributed by atoms with van der Waals surface area (Å²) in [5.41, 5.74) is 1.92. The van der Waals surface area contributed by atoms with E-state index >= 15 is 0 Å². The molecule has 6 heteroatoms. The number of hydrogen-bond donors (Lipinski definition) is 0. The van der Waals surface area contributed by atoms with E-state index in [9.17, 15) is 4.39 Å². The molecule has 5 nitrogen and oxygen atoms in total. The molecule has 5 rings (SSSR count). The van der Waals surface area contributed by atoms with Crippen molar-refractivity contribution in [2.75, 3.05) is 38.2 Å². The highest BCUT2D eigenvalue weighted by atomic mass is 19.1. The highest BCUT2D eigenvalue weighted by molar-refractivity contribution is 5.61. The van der Waals surface area contributed by atoms with E-state index in [1.165, 1.54) is 71.2 Å². The van der Waals surface area contributed by atoms with Gasteiger partial charge in [-0.1, -0.05) is 6.42 Å². The van der Waals surface area contributed by atoms with Gasteiger partial charge < -0.3 is 14.5 Å². The summed E-state index contributed by atoms with van der Waals surface area (Å²) < 4.78 is 19.0. The molecule has 3 aliphatic rings. The average molecular weight is 411 g/mol. The van der Waals surface area contributed by atoms with Crippen LogP contribution >= 0.6 is 0 Å². The van der Waals surface area contributed by atoms with Crippen molar-refractivity contribution >= 4 is 5.82 Å². The lowest BCUT2D eigenvalue weighted by Gasteiger charge is -2.50. The van der Waals surface area contributed by atoms with Crippen molar-refractivity contribution in [2.24, 2.45) is 5.41 Å². The smallest absolute Gasteiger partial charge is 0.165 e. The van der Waals surface area contributed by atoms with Crippen LogP contribution in [0.3, 0.4) is 0 Å². The highest BCUT2D eigenvalue weighted by Gasteiger charge is 2.39. The van der Waals surface area contributed by atoms with Crippen LogP contribution in [0.1, 0.15) is 44.9 Å². The number of halogens is 1. The molecule has 0 unspecified atom stereocenters. The Balaban J connectivity index is 1.19. The maximum atomic E-state index is 14.0. The molecule has 0 atom stereocenters. The maximum Gasteiger partial charge on any atom is 0.165 e. The van der Waals surface area contributed by atoms with Crippen LogP contribution in [0, 0.1) is 11.2 Å². The first-order valence-corrected chi connectivity index (χ1v) is 11.3. The van der Waals surface area contributed by atoms with Crippen LogP contribution in [-0.4, -0.2) is 54.4 Å². The van der Waals surface area contributed by atoms with Crippen molar-refractivity contribution in [1.82, 2.24) is 15.1 Å². The number of hydrogen-bond acceptors (Lipinski definition) is 5. The van der Waals surface area contributed by atoms with Crippen molar-refractivity contribution in [1.29, 1.82) is 0 Å². The van der Waals surface area contributed by atoms with Gasteiger partial charge in [-0.2, -0.15) is 0 Å². The molecule has 2 aliphatic heterocycles. The second-order valence-corrected chi connectivity index (χ2v) is 9.23. The van der Waals surface area contributed by atoms with Crippen molar-refractivity contribution in [3.63, 3.8) is 0 Å². The first-order valence-electron chi connectivity index (χ1n) is 11.3. The Labute approximate surface area is 178 Å². The molecule has 1 aromatic heterocycles. The number of aromatic nitrogens is 2. The molecule has 1 spiro atoms. The Morgan fingerprint density at radius 1 is 0.967 bits per heavy atom. The summed E-state index contributed by atoms with van der Waals surface area (Å²) in [7, 11) is 1.47. The minimum atomic E-state index is -0.384. The lowest BCUT2D eigenvalue weighted by atomic mass is 9.70. The summed E-state index contributed by atoms with van der Waals surface area (Å²) >= 11 is 0. The quantitative estimate of drug-likeness (QED) is 0.741. The van der Waals surface area contributed by atoms with Gasteiger partial charge in [0, 0.05) is 24.7 Å². The molecule has 0 radical (unpaired) electrons. The minimum absolute atomic E-state index is 0.240. The van der Waals surface area contributed by atoms with Crippen LogP contribution in [0.4, 0.5) is 10.2 Å². The molecule has 1 aromatic carbocycles. The Morgan fingerprint density at radius 2 is 1.70 bits per heavy atom. The van der Waals surface area contributed by atoms with E-state index in [4.69, 9.17) is 4.74 Å². The second kappa shape index (κ2) is 8.14. The number of rotatable bonds is 4. The number of anilines is 1. The summed E-state index contributed by atoms with van der Waals surface area (Å²) in [5, 5.41) is 8.82. The normalized spacial score (nSPS) is 22.1. The monoisotopic (exact) mass is 410 g/mol. The van der Waals surface area contributed by atoms with Crippen molar-refractivity contribution in [3.05, 3.63) is 36.1 Å². The van der Waals surface area contributed by atoms with Gasteiger partial charge in [-0.15, -0.1) is 10.2 Å². The van der Waals surface area contributed by atoms with Crippen LogP contribution in [0.5, 0.6) is 5.75 Å². The van der Waals surface area contributed by atoms with Gasteiger partial charge in [0.15, 0.2) is 17.4 Å². The third kappa shape index (κ3) is 3.78. The van der Waals surface area contributed by atoms with Gasteiger partial charge in [-0.3, -0.25) is 0 Å². The molecule has 1 saturated carbocycles. The van der Waals surface area contributed by atoms with Gasteiger partial charge in [-0.25, -0.2) is 4.39 Å². The number of piperidine rings is 2. The zero-order valence-corrected chi connectivity index (χ0v) is 17.8. The number of methoxy groups -OCH3 is 1. The van der Waals surface area contributed by atoms with Crippen LogP contribution in [0.15, 0.2) is 30.3 Å². The second-order valence-electron chi connectivity index (χ2n) is 9.23. The van der Waals surface area contributed by atoms with Crippen LogP contribution in [0.2, 0.25) is 0 Å². The number of ether oxygens (including phenoxy) is 1. The molecule has 2 saturated heterocycles. The Morgan fingerprint density at radius 3 is 2.27 bits per heavy atom. The lowest BCUT2D eigenvalue weighted by Crippen LogP contribution is -2.51. The third-order valence-corrected chi connectivity index (χ3v) is 7.70. The van der Waals surface area contributed by atoms with E-state index in [0.717, 1.165) is 24.9 Å². The fraction of sp³-hybridized carbons (Fsp3) is 0.583. The van der Waals surface area contributed by atoms with Crippen molar-refractivity contribution in [3.8, 4) is 17.0 Å². The van der Waals surface area contributed by atoms with E-state index in [1.807, 2.05) is 18.2 Å². The summed E-state index contributed by atoms with van der Waals surface area (Å²) in [6.45, 7) is 4.68. The highest BCUT2D eigenvalue weighted by Crippen LogP contribution is 2.43. The topological polar surface area (TPSA) is 41.5 Å². The fourth-order valence-electron chi connectivity index (χ4n) is 5.30. The van der Waals surface area contributed by atoms with Gasteiger partial charge in [0.1, 0.15) is 0 Å². The number of likely N-dealkylation sites (tertiary alicyclic amines) is 1. The van der Waals surface area contributed by atoms with Gasteiger partial charge in [-0.05, 0) is 87.4 Å². The molecule has 30 heavy (non-hydrogen) atoms. The standard InChI is InChI=1S/C24H31FN4O/c1-30-22-7-5-18(17-20(22)25)21-6-8-23(27-26-21)29-15-11-24(12-16-29)9-13-28(14-10-24)19-3-2-4-19/h5-8,17,19H,2-4,9-16H2,1H3. The summed E-state index contributed by atoms with van der Waals surface area (Å²) in [6, 6.07) is 9.72. The Hall–Kier alpha value is -2.21. The van der Waals surface area contributed by atoms with Crippen LogP contribution in [-0.2, 0) is 0 Å². The largest absolute Gasteiger partial charge is 0.494 e. The van der Waals surface area contributed by atoms with E-state index in [0.29, 0.717) is 16.7 Å². The molecule has 2 aromatic rings. The van der Waals surface area contributed by atoms with Gasteiger partial charge in [0.2, 0.25) is 0 Å². The summed E-state index contributed by atoms with van der Waals surface area (Å²) in [6.07, 6.45) is 9.46. The van der Waals surface area contributed by atoms with Gasteiger partial charge >= 0.3 is 0 Å². The fourth-order valence-corrected chi connectivity index (χ4v) is 5.30. The Bertz CT molecular complexity index is 865. The zero-order chi connectivity index (χ0) is 20.6. The SMILES string of the molecule is COc1ccc(-c2ccc(N3CCC4(CC3)CCN(C3CCC3)CC4)nn2)cc1F. The predicted molar refractivity (Wildman–Crippen MR) is 116 cm³/mol. The molecule has 160 valence electrons. The third-order valence-electron chi connectivity index (χ3n) is 7.70. The predicted octanol–water partition coefficient (Wildman–Crippen LogP) is 4.53. The molecule has 1 aliphatic carbocycles. The number of benzene rings is 1. The van der Waals surface area contributed by atoms with E-state index in [1.54, 1.807) is 6.07 Å². The first kappa shape index (κ1) is 19.7. The molecule has 0 bridgehead atoms. The lowest BCUT2D eigenvalue weighted by molar-refractivity contribution is 0.0305. The van der Waals surface area contributed by atoms with Crippen molar-refractivity contribution in [2.45, 2.75) is 51.0 Å². The molecular formula is C24H31FN4O. The molecule has 0 N–H and O–H groups in total. The van der Waals surface area contributed by atoms with Gasteiger partial charge in [0.05, 0.1) is 12.8 Å². The molecule has 0 amide bonds. The zero-order valence-electron chi connectivity index (χ0n) is 17.8. The molecular weight excluding hydrogens is 379 g/mol. The van der Waals surface area contributed by atoms with Crippen LogP contribution in [0.25, 0.3) is 11.3 Å². The molecule has 3 fully saturated rings. The van der Waals surface area contributed by atoms with E-state index in [2.05, 4.69) is 20.0 Å². The van der Waals surface area contributed by atoms with Crippen molar-refractivity contribution < 1.29 is 9.13 Å². The molecule has 3 heterocycles. The van der Waals surface area contributed by atoms with E-state index < -0.39 is 0 Å². The number of nitrogens with zero attached hydrogens (tertiary/aromatic N) is 4. The summed E-state index contributed by atoms with van der Waals surface area (Å²) in [5.74, 6) is 0.782. The van der Waals surface area contributed by atoms with E-state index in [-0.39, 0.29) is 11.6 Å². The first-order chi connectivity index (χ1) is 14.7. The van der Waals surface area contributed by atoms with Gasteiger partial charge in [0.25, 0.3) is 0 Å². The Kier molecular flexibility index (Phi) is 5.35.